The first-order valence-corrected chi connectivity index (χ1v) is 15.8. The van der Waals surface area contributed by atoms with Gasteiger partial charge in [0.25, 0.3) is 11.8 Å². The first-order chi connectivity index (χ1) is 20.8. The Balaban J connectivity index is 1.29. The molecule has 0 unspecified atom stereocenters. The summed E-state index contributed by atoms with van der Waals surface area (Å²) in [6.45, 7) is 8.19. The Morgan fingerprint density at radius 3 is 2.63 bits per heavy atom. The van der Waals surface area contributed by atoms with E-state index in [1.54, 1.807) is 23.5 Å². The van der Waals surface area contributed by atoms with Crippen LogP contribution in [0.25, 0.3) is 0 Å². The van der Waals surface area contributed by atoms with Gasteiger partial charge in [-0.1, -0.05) is 30.3 Å². The maximum Gasteiger partial charge on any atom is 0.254 e. The Bertz CT molecular complexity index is 1530. The van der Waals surface area contributed by atoms with Crippen molar-refractivity contribution < 1.29 is 14.7 Å². The number of thiazole rings is 1. The summed E-state index contributed by atoms with van der Waals surface area (Å²) in [4.78, 5) is 33.9. The minimum absolute atomic E-state index is 0.0433. The fraction of sp³-hybridized carbons (Fsp3) is 0.394. The van der Waals surface area contributed by atoms with E-state index in [-0.39, 0.29) is 17.9 Å². The lowest BCUT2D eigenvalue weighted by Gasteiger charge is -2.26. The van der Waals surface area contributed by atoms with Crippen molar-refractivity contribution in [1.29, 1.82) is 0 Å². The van der Waals surface area contributed by atoms with Crippen molar-refractivity contribution in [2.24, 2.45) is 0 Å². The molecule has 43 heavy (non-hydrogen) atoms. The molecular weight excluding hydrogens is 560 g/mol. The second-order valence-electron chi connectivity index (χ2n) is 11.2. The molecule has 0 aliphatic carbocycles. The van der Waals surface area contributed by atoms with Gasteiger partial charge in [-0.25, -0.2) is 4.98 Å². The van der Waals surface area contributed by atoms with Crippen molar-refractivity contribution in [3.05, 3.63) is 105 Å². The number of aliphatic hydroxyl groups excluding tert-OH is 1. The number of aromatic nitrogens is 3. The van der Waals surface area contributed by atoms with E-state index in [1.807, 2.05) is 84.5 Å². The highest BCUT2D eigenvalue weighted by Crippen LogP contribution is 2.35. The second-order valence-corrected chi connectivity index (χ2v) is 12.1. The van der Waals surface area contributed by atoms with Crippen LogP contribution in [-0.4, -0.2) is 61.8 Å². The van der Waals surface area contributed by atoms with E-state index in [9.17, 15) is 14.7 Å². The lowest BCUT2D eigenvalue weighted by molar-refractivity contribution is 0.0735. The average molecular weight is 601 g/mol. The van der Waals surface area contributed by atoms with E-state index in [0.717, 1.165) is 46.8 Å². The van der Waals surface area contributed by atoms with Gasteiger partial charge in [0.2, 0.25) is 0 Å². The van der Waals surface area contributed by atoms with Gasteiger partial charge in [-0.05, 0) is 69.4 Å². The number of hydrogen-bond donors (Lipinski definition) is 3. The standard InChI is InChI=1S/C33H40N6O3S/c1-4-38-20-25(18-35-38)17-34-19-30(40)28(15-24-9-6-5-7-10-24)37-31(41)26-13-22(2)14-27(16-26)33(42)39-12-8-11-29(39)32-36-23(3)21-43-32/h5-7,9-10,13-14,16,18,20-21,28-30,34,40H,4,8,11-12,15,17,19H2,1-3H3,(H,37,41)/t28-,29+,30+/m0/s1. The Kier molecular flexibility index (Phi) is 10.0. The molecule has 5 rings (SSSR count). The summed E-state index contributed by atoms with van der Waals surface area (Å²) in [5.74, 6) is -0.417. The van der Waals surface area contributed by atoms with Crippen LogP contribution in [0.4, 0.5) is 0 Å². The van der Waals surface area contributed by atoms with Crippen molar-refractivity contribution in [3.8, 4) is 0 Å². The van der Waals surface area contributed by atoms with E-state index in [1.165, 1.54) is 0 Å². The van der Waals surface area contributed by atoms with Crippen LogP contribution in [0.3, 0.4) is 0 Å². The molecule has 3 N–H and O–H groups in total. The number of nitrogens with zero attached hydrogens (tertiary/aromatic N) is 4. The summed E-state index contributed by atoms with van der Waals surface area (Å²) in [6.07, 6.45) is 5.20. The van der Waals surface area contributed by atoms with Gasteiger partial charge in [-0.3, -0.25) is 14.3 Å². The molecule has 10 heteroatoms. The van der Waals surface area contributed by atoms with Crippen LogP contribution >= 0.6 is 11.3 Å². The monoisotopic (exact) mass is 600 g/mol. The number of likely N-dealkylation sites (tertiary alicyclic amines) is 1. The number of rotatable bonds is 12. The van der Waals surface area contributed by atoms with Crippen molar-refractivity contribution in [3.63, 3.8) is 0 Å². The molecule has 2 aromatic heterocycles. The van der Waals surface area contributed by atoms with Crippen molar-refractivity contribution >= 4 is 23.2 Å². The first-order valence-electron chi connectivity index (χ1n) is 14.9. The van der Waals surface area contributed by atoms with E-state index in [2.05, 4.69) is 20.7 Å². The molecule has 0 spiro atoms. The Morgan fingerprint density at radius 1 is 1.12 bits per heavy atom. The van der Waals surface area contributed by atoms with E-state index in [0.29, 0.717) is 37.2 Å². The fourth-order valence-corrected chi connectivity index (χ4v) is 6.52. The third kappa shape index (κ3) is 7.76. The van der Waals surface area contributed by atoms with Gasteiger partial charge in [-0.15, -0.1) is 11.3 Å². The van der Waals surface area contributed by atoms with Crippen LogP contribution in [0.15, 0.2) is 66.3 Å². The largest absolute Gasteiger partial charge is 0.390 e. The molecule has 9 nitrogen and oxygen atoms in total. The van der Waals surface area contributed by atoms with E-state index >= 15 is 0 Å². The lowest BCUT2D eigenvalue weighted by Crippen LogP contribution is -2.48. The fourth-order valence-electron chi connectivity index (χ4n) is 5.58. The molecule has 1 aliphatic rings. The summed E-state index contributed by atoms with van der Waals surface area (Å²) in [6, 6.07) is 14.5. The number of benzene rings is 2. The Labute approximate surface area is 257 Å². The Morgan fingerprint density at radius 2 is 1.91 bits per heavy atom. The summed E-state index contributed by atoms with van der Waals surface area (Å²) in [7, 11) is 0. The maximum absolute atomic E-state index is 13.7. The number of carbonyl (C=O) groups is 2. The lowest BCUT2D eigenvalue weighted by atomic mass is 9.99. The van der Waals surface area contributed by atoms with Crippen molar-refractivity contribution in [2.45, 2.75) is 71.3 Å². The smallest absolute Gasteiger partial charge is 0.254 e. The summed E-state index contributed by atoms with van der Waals surface area (Å²) < 4.78 is 1.86. The molecule has 2 amide bonds. The number of nitrogens with one attached hydrogen (secondary N) is 2. The third-order valence-corrected chi connectivity index (χ3v) is 8.86. The van der Waals surface area contributed by atoms with Crippen LogP contribution in [0, 0.1) is 13.8 Å². The van der Waals surface area contributed by atoms with Crippen LogP contribution in [0.5, 0.6) is 0 Å². The molecule has 1 saturated heterocycles. The van der Waals surface area contributed by atoms with Gasteiger partial charge in [0.1, 0.15) is 5.01 Å². The molecule has 226 valence electrons. The molecule has 4 aromatic rings. The first kappa shape index (κ1) is 30.6. The van der Waals surface area contributed by atoms with Gasteiger partial charge >= 0.3 is 0 Å². The molecular formula is C33H40N6O3S. The Hall–Kier alpha value is -3.86. The predicted molar refractivity (Wildman–Crippen MR) is 168 cm³/mol. The summed E-state index contributed by atoms with van der Waals surface area (Å²) in [5.41, 5.74) is 4.71. The highest BCUT2D eigenvalue weighted by Gasteiger charge is 2.33. The zero-order chi connectivity index (χ0) is 30.3. The third-order valence-electron chi connectivity index (χ3n) is 7.79. The molecule has 2 aromatic carbocycles. The predicted octanol–water partition coefficient (Wildman–Crippen LogP) is 4.45. The molecule has 1 fully saturated rings. The van der Waals surface area contributed by atoms with Gasteiger partial charge < -0.3 is 20.6 Å². The highest BCUT2D eigenvalue weighted by atomic mass is 32.1. The maximum atomic E-state index is 13.7. The van der Waals surface area contributed by atoms with Crippen LogP contribution < -0.4 is 10.6 Å². The van der Waals surface area contributed by atoms with Crippen molar-refractivity contribution in [2.75, 3.05) is 13.1 Å². The van der Waals surface area contributed by atoms with E-state index in [4.69, 9.17) is 0 Å². The van der Waals surface area contributed by atoms with Gasteiger partial charge in [0.15, 0.2) is 0 Å². The average Bonchev–Trinajstić information content (AvgIpc) is 3.77. The zero-order valence-corrected chi connectivity index (χ0v) is 25.8. The van der Waals surface area contributed by atoms with E-state index < -0.39 is 12.1 Å². The van der Waals surface area contributed by atoms with Gasteiger partial charge in [0, 0.05) is 60.1 Å². The molecule has 3 atom stereocenters. The van der Waals surface area contributed by atoms with Crippen molar-refractivity contribution in [1.82, 2.24) is 30.3 Å². The number of carbonyl (C=O) groups excluding carboxylic acids is 2. The van der Waals surface area contributed by atoms with Gasteiger partial charge in [0.05, 0.1) is 24.4 Å². The molecule has 0 saturated carbocycles. The van der Waals surface area contributed by atoms with Crippen LogP contribution in [-0.2, 0) is 19.5 Å². The zero-order valence-electron chi connectivity index (χ0n) is 25.0. The SMILES string of the molecule is CCn1cc(CNC[C@@H](O)[C@H](Cc2ccccc2)NC(=O)c2cc(C)cc(C(=O)N3CCC[C@@H]3c3nc(C)cs3)c2)cn1. The number of aryl methyl sites for hydroxylation is 3. The normalized spacial score (nSPS) is 16.3. The molecule has 1 aliphatic heterocycles. The quantitative estimate of drug-likeness (QED) is 0.222. The number of aliphatic hydroxyl groups is 1. The minimum Gasteiger partial charge on any atom is -0.390 e. The minimum atomic E-state index is -0.844. The molecule has 0 radical (unpaired) electrons. The molecule has 0 bridgehead atoms. The highest BCUT2D eigenvalue weighted by molar-refractivity contribution is 7.09. The van der Waals surface area contributed by atoms with Gasteiger partial charge in [-0.2, -0.15) is 5.10 Å². The number of amides is 2. The van der Waals surface area contributed by atoms with Crippen LogP contribution in [0.2, 0.25) is 0 Å². The topological polar surface area (TPSA) is 112 Å². The second kappa shape index (κ2) is 14.1. The summed E-state index contributed by atoms with van der Waals surface area (Å²) in [5, 5.41) is 24.8. The summed E-state index contributed by atoms with van der Waals surface area (Å²) >= 11 is 1.59. The molecule has 3 heterocycles. The van der Waals surface area contributed by atoms with Crippen LogP contribution in [0.1, 0.15) is 73.9 Å². The number of hydrogen-bond acceptors (Lipinski definition) is 7.